The number of hydrogen-bond acceptors (Lipinski definition) is 4. The first kappa shape index (κ1) is 21.0. The van der Waals surface area contributed by atoms with Crippen LogP contribution in [0.2, 0.25) is 5.02 Å². The number of amides is 2. The van der Waals surface area contributed by atoms with Crippen LogP contribution >= 0.6 is 11.6 Å². The van der Waals surface area contributed by atoms with E-state index in [1.54, 1.807) is 4.90 Å². The van der Waals surface area contributed by atoms with E-state index in [1.165, 1.54) is 37.7 Å². The summed E-state index contributed by atoms with van der Waals surface area (Å²) in [6.07, 6.45) is 8.80. The SMILES string of the molecule is O=C(c1cc(F)ccc1Cl)N1CCc2c(ncnc2NC(=O)C23CC4CC(CC(C4)C2)C3)C1. The molecule has 2 aromatic rings. The molecule has 4 saturated carbocycles. The minimum atomic E-state index is -0.503. The van der Waals surface area contributed by atoms with Gasteiger partial charge in [-0.2, -0.15) is 0 Å². The fraction of sp³-hybridized carbons (Fsp3) is 0.520. The maximum Gasteiger partial charge on any atom is 0.255 e. The van der Waals surface area contributed by atoms with E-state index in [-0.39, 0.29) is 34.4 Å². The normalized spacial score (nSPS) is 29.6. The lowest BCUT2D eigenvalue weighted by molar-refractivity contribution is -0.140. The average molecular weight is 469 g/mol. The standard InChI is InChI=1S/C25H26ClFN4O2/c26-20-2-1-17(27)8-19(20)23(32)31-4-3-18-21(12-31)28-13-29-22(18)30-24(33)25-9-14-5-15(10-25)7-16(6-14)11-25/h1-2,8,13-16H,3-7,9-12H2,(H,28,29,30,33). The van der Waals surface area contributed by atoms with Crippen molar-refractivity contribution in [2.24, 2.45) is 23.2 Å². The van der Waals surface area contributed by atoms with E-state index >= 15 is 0 Å². The van der Waals surface area contributed by atoms with Crippen molar-refractivity contribution < 1.29 is 14.0 Å². The molecule has 6 nitrogen and oxygen atoms in total. The Morgan fingerprint density at radius 1 is 1.09 bits per heavy atom. The lowest BCUT2D eigenvalue weighted by Crippen LogP contribution is -2.52. The predicted octanol–water partition coefficient (Wildman–Crippen LogP) is 4.62. The smallest absolute Gasteiger partial charge is 0.255 e. The molecule has 2 heterocycles. The van der Waals surface area contributed by atoms with Gasteiger partial charge in [-0.25, -0.2) is 14.4 Å². The van der Waals surface area contributed by atoms with Crippen molar-refractivity contribution >= 4 is 29.2 Å². The third-order valence-corrected chi connectivity index (χ3v) is 8.53. The first-order chi connectivity index (χ1) is 15.9. The highest BCUT2D eigenvalue weighted by molar-refractivity contribution is 6.33. The molecule has 33 heavy (non-hydrogen) atoms. The summed E-state index contributed by atoms with van der Waals surface area (Å²) >= 11 is 6.13. The van der Waals surface area contributed by atoms with Gasteiger partial charge in [-0.1, -0.05) is 11.6 Å². The molecule has 2 amide bonds. The molecule has 1 aromatic carbocycles. The van der Waals surface area contributed by atoms with Crippen LogP contribution in [0.1, 0.15) is 60.1 Å². The molecule has 0 saturated heterocycles. The summed E-state index contributed by atoms with van der Waals surface area (Å²) in [5.41, 5.74) is 1.48. The lowest BCUT2D eigenvalue weighted by Gasteiger charge is -2.55. The van der Waals surface area contributed by atoms with Crippen molar-refractivity contribution in [3.05, 3.63) is 52.2 Å². The summed E-state index contributed by atoms with van der Waals surface area (Å²) in [4.78, 5) is 36.8. The number of hydrogen-bond donors (Lipinski definition) is 1. The number of benzene rings is 1. The molecule has 0 atom stereocenters. The average Bonchev–Trinajstić information content (AvgIpc) is 2.79. The highest BCUT2D eigenvalue weighted by Gasteiger charge is 2.54. The van der Waals surface area contributed by atoms with Crippen LogP contribution in [0.15, 0.2) is 24.5 Å². The second-order valence-electron chi connectivity index (χ2n) is 10.4. The van der Waals surface area contributed by atoms with Crippen molar-refractivity contribution in [1.82, 2.24) is 14.9 Å². The van der Waals surface area contributed by atoms with Crippen molar-refractivity contribution in [2.45, 2.75) is 51.5 Å². The van der Waals surface area contributed by atoms with Crippen molar-refractivity contribution in [3.63, 3.8) is 0 Å². The highest BCUT2D eigenvalue weighted by Crippen LogP contribution is 2.60. The van der Waals surface area contributed by atoms with Crippen LogP contribution in [-0.2, 0) is 17.8 Å². The van der Waals surface area contributed by atoms with Gasteiger partial charge in [-0.15, -0.1) is 0 Å². The van der Waals surface area contributed by atoms with Crippen molar-refractivity contribution in [2.75, 3.05) is 11.9 Å². The number of carbonyl (C=O) groups is 2. The molecule has 5 aliphatic rings. The van der Waals surface area contributed by atoms with Gasteiger partial charge in [0.2, 0.25) is 5.91 Å². The van der Waals surface area contributed by atoms with Crippen LogP contribution < -0.4 is 5.32 Å². The van der Waals surface area contributed by atoms with Crippen LogP contribution in [0.3, 0.4) is 0 Å². The van der Waals surface area contributed by atoms with Gasteiger partial charge in [-0.3, -0.25) is 9.59 Å². The summed E-state index contributed by atoms with van der Waals surface area (Å²) in [5.74, 6) is 1.91. The number of fused-ring (bicyclic) bond motifs is 1. The topological polar surface area (TPSA) is 75.2 Å². The molecule has 4 bridgehead atoms. The molecule has 0 radical (unpaired) electrons. The molecule has 8 heteroatoms. The lowest BCUT2D eigenvalue weighted by atomic mass is 9.49. The van der Waals surface area contributed by atoms with E-state index in [9.17, 15) is 14.0 Å². The Morgan fingerprint density at radius 3 is 2.48 bits per heavy atom. The molecular formula is C25H26ClFN4O2. The predicted molar refractivity (Wildman–Crippen MR) is 121 cm³/mol. The highest BCUT2D eigenvalue weighted by atomic mass is 35.5. The zero-order chi connectivity index (χ0) is 22.7. The molecule has 1 aromatic heterocycles. The van der Waals surface area contributed by atoms with E-state index in [0.717, 1.165) is 30.9 Å². The van der Waals surface area contributed by atoms with Crippen LogP contribution in [0.4, 0.5) is 10.2 Å². The maximum absolute atomic E-state index is 13.7. The number of carbonyl (C=O) groups excluding carboxylic acids is 2. The Hall–Kier alpha value is -2.54. The Labute approximate surface area is 196 Å². The molecule has 0 spiro atoms. The summed E-state index contributed by atoms with van der Waals surface area (Å²) in [7, 11) is 0. The quantitative estimate of drug-likeness (QED) is 0.713. The van der Waals surface area contributed by atoms with E-state index < -0.39 is 5.82 Å². The van der Waals surface area contributed by atoms with Gasteiger partial charge in [0.05, 0.1) is 28.2 Å². The zero-order valence-corrected chi connectivity index (χ0v) is 19.1. The minimum Gasteiger partial charge on any atom is -0.332 e. The second kappa shape index (κ2) is 7.76. The van der Waals surface area contributed by atoms with E-state index in [1.807, 2.05) is 0 Å². The van der Waals surface area contributed by atoms with Crippen molar-refractivity contribution in [3.8, 4) is 0 Å². The Morgan fingerprint density at radius 2 is 1.79 bits per heavy atom. The second-order valence-corrected chi connectivity index (χ2v) is 10.8. The van der Waals surface area contributed by atoms with Crippen LogP contribution in [0.5, 0.6) is 0 Å². The molecule has 4 aliphatic carbocycles. The van der Waals surface area contributed by atoms with Gasteiger partial charge in [0.1, 0.15) is 18.0 Å². The zero-order valence-electron chi connectivity index (χ0n) is 18.3. The monoisotopic (exact) mass is 468 g/mol. The van der Waals surface area contributed by atoms with Crippen LogP contribution in [-0.4, -0.2) is 33.2 Å². The third kappa shape index (κ3) is 3.61. The number of rotatable bonds is 3. The van der Waals surface area contributed by atoms with Gasteiger partial charge in [-0.05, 0) is 80.9 Å². The molecule has 1 aliphatic heterocycles. The Bertz CT molecular complexity index is 1120. The number of anilines is 1. The Balaban J connectivity index is 1.21. The van der Waals surface area contributed by atoms with Gasteiger partial charge in [0.15, 0.2) is 0 Å². The molecular weight excluding hydrogens is 443 g/mol. The summed E-state index contributed by atoms with van der Waals surface area (Å²) in [6, 6.07) is 3.79. The first-order valence-electron chi connectivity index (χ1n) is 11.8. The number of nitrogens with one attached hydrogen (secondary N) is 1. The van der Waals surface area contributed by atoms with Gasteiger partial charge in [0, 0.05) is 12.1 Å². The van der Waals surface area contributed by atoms with E-state index in [4.69, 9.17) is 11.6 Å². The van der Waals surface area contributed by atoms with Crippen LogP contribution in [0.25, 0.3) is 0 Å². The summed E-state index contributed by atoms with van der Waals surface area (Å²) < 4.78 is 13.7. The maximum atomic E-state index is 13.7. The molecule has 172 valence electrons. The molecule has 7 rings (SSSR count). The number of halogens is 2. The van der Waals surface area contributed by atoms with E-state index in [2.05, 4.69) is 15.3 Å². The minimum absolute atomic E-state index is 0.104. The van der Waals surface area contributed by atoms with Crippen molar-refractivity contribution in [1.29, 1.82) is 0 Å². The summed E-state index contributed by atoms with van der Waals surface area (Å²) in [6.45, 7) is 0.691. The molecule has 4 fully saturated rings. The fourth-order valence-electron chi connectivity index (χ4n) is 7.10. The number of nitrogens with zero attached hydrogens (tertiary/aromatic N) is 3. The molecule has 0 unspecified atom stereocenters. The third-order valence-electron chi connectivity index (χ3n) is 8.20. The van der Waals surface area contributed by atoms with Gasteiger partial charge >= 0.3 is 0 Å². The Kier molecular flexibility index (Phi) is 4.94. The van der Waals surface area contributed by atoms with Crippen LogP contribution in [0, 0.1) is 29.0 Å². The summed E-state index contributed by atoms with van der Waals surface area (Å²) in [5, 5.41) is 3.38. The largest absolute Gasteiger partial charge is 0.332 e. The molecule has 1 N–H and O–H groups in total. The first-order valence-corrected chi connectivity index (χ1v) is 12.2. The van der Waals surface area contributed by atoms with E-state index in [0.29, 0.717) is 42.2 Å². The van der Waals surface area contributed by atoms with Gasteiger partial charge in [0.25, 0.3) is 5.91 Å². The van der Waals surface area contributed by atoms with Gasteiger partial charge < -0.3 is 10.2 Å². The number of aromatic nitrogens is 2. The fourth-order valence-corrected chi connectivity index (χ4v) is 7.29.